The van der Waals surface area contributed by atoms with Gasteiger partial charge in [0.25, 0.3) is 5.18 Å². The van der Waals surface area contributed by atoms with Gasteiger partial charge in [0.2, 0.25) is 0 Å². The molecule has 0 aliphatic carbocycles. The normalized spacial score (nSPS) is 22.5. The summed E-state index contributed by atoms with van der Waals surface area (Å²) >= 11 is 10.9. The van der Waals surface area contributed by atoms with Crippen LogP contribution in [0.4, 0.5) is 0 Å². The molecule has 1 aromatic carbocycles. The molecule has 2 aliphatic rings. The van der Waals surface area contributed by atoms with Crippen molar-refractivity contribution in [3.63, 3.8) is 0 Å². The lowest BCUT2D eigenvalue weighted by Gasteiger charge is -2.20. The van der Waals surface area contributed by atoms with Gasteiger partial charge in [-0.1, -0.05) is 29.3 Å². The number of aliphatic hydroxyl groups is 2. The number of nitrogens with one attached hydrogen (secondary N) is 1. The van der Waals surface area contributed by atoms with Crippen LogP contribution < -0.4 is 5.43 Å². The SMILES string of the molecule is O=C1OC(=O)c2c(Cl)cccc21.OC1=CC=NNC1(O)Cl. The Morgan fingerprint density at radius 1 is 1.29 bits per heavy atom. The van der Waals surface area contributed by atoms with E-state index in [1.165, 1.54) is 18.4 Å². The molecular formula is C12H8Cl2N2O5. The highest BCUT2D eigenvalue weighted by Gasteiger charge is 2.31. The number of halogens is 2. The first-order valence-corrected chi connectivity index (χ1v) is 6.25. The van der Waals surface area contributed by atoms with E-state index in [9.17, 15) is 9.59 Å². The van der Waals surface area contributed by atoms with E-state index in [2.05, 4.69) is 15.3 Å². The second-order valence-electron chi connectivity index (χ2n) is 3.90. The summed E-state index contributed by atoms with van der Waals surface area (Å²) in [6.07, 6.45) is 2.48. The van der Waals surface area contributed by atoms with Crippen LogP contribution in [0.1, 0.15) is 20.7 Å². The molecule has 1 aromatic rings. The van der Waals surface area contributed by atoms with Crippen molar-refractivity contribution in [1.82, 2.24) is 5.43 Å². The van der Waals surface area contributed by atoms with Crippen LogP contribution in [0.25, 0.3) is 0 Å². The molecular weight excluding hydrogens is 323 g/mol. The van der Waals surface area contributed by atoms with Crippen molar-refractivity contribution in [2.45, 2.75) is 5.18 Å². The number of alkyl halides is 1. The smallest absolute Gasteiger partial charge is 0.348 e. The van der Waals surface area contributed by atoms with E-state index >= 15 is 0 Å². The molecule has 1 atom stereocenters. The van der Waals surface area contributed by atoms with Crippen LogP contribution >= 0.6 is 23.2 Å². The van der Waals surface area contributed by atoms with Crippen LogP contribution in [0.2, 0.25) is 5.02 Å². The minimum absolute atomic E-state index is 0.171. The van der Waals surface area contributed by atoms with Crippen molar-refractivity contribution < 1.29 is 24.5 Å². The predicted octanol–water partition coefficient (Wildman–Crippen LogP) is 1.55. The van der Waals surface area contributed by atoms with E-state index < -0.39 is 17.1 Å². The molecule has 2 heterocycles. The number of hydrazone groups is 1. The summed E-state index contributed by atoms with van der Waals surface area (Å²) in [7, 11) is 0. The monoisotopic (exact) mass is 330 g/mol. The average Bonchev–Trinajstić information content (AvgIpc) is 2.71. The number of rotatable bonds is 0. The molecule has 0 radical (unpaired) electrons. The number of carbonyl (C=O) groups is 2. The van der Waals surface area contributed by atoms with Crippen LogP contribution in [0.15, 0.2) is 35.1 Å². The predicted molar refractivity (Wildman–Crippen MR) is 74.3 cm³/mol. The Morgan fingerprint density at radius 3 is 2.52 bits per heavy atom. The summed E-state index contributed by atoms with van der Waals surface area (Å²) in [4.78, 5) is 21.9. The second-order valence-corrected chi connectivity index (χ2v) is 4.86. The van der Waals surface area contributed by atoms with Gasteiger partial charge in [0.15, 0.2) is 5.76 Å². The Bertz CT molecular complexity index is 670. The van der Waals surface area contributed by atoms with Crippen molar-refractivity contribution in [2.24, 2.45) is 5.10 Å². The van der Waals surface area contributed by atoms with Crippen molar-refractivity contribution >= 4 is 41.4 Å². The van der Waals surface area contributed by atoms with Crippen molar-refractivity contribution in [3.05, 3.63) is 46.2 Å². The molecule has 0 spiro atoms. The highest BCUT2D eigenvalue weighted by atomic mass is 35.5. The summed E-state index contributed by atoms with van der Waals surface area (Å²) in [6.45, 7) is 0. The topological polar surface area (TPSA) is 108 Å². The molecule has 0 bridgehead atoms. The van der Waals surface area contributed by atoms with Gasteiger partial charge < -0.3 is 14.9 Å². The third-order valence-corrected chi connectivity index (χ3v) is 3.08. The lowest BCUT2D eigenvalue weighted by molar-refractivity contribution is 0.0444. The number of benzene rings is 1. The Kier molecular flexibility index (Phi) is 4.17. The third kappa shape index (κ3) is 3.15. The van der Waals surface area contributed by atoms with Crippen LogP contribution in [0, 0.1) is 0 Å². The zero-order valence-corrected chi connectivity index (χ0v) is 11.7. The van der Waals surface area contributed by atoms with E-state index in [1.807, 2.05) is 0 Å². The van der Waals surface area contributed by atoms with Gasteiger partial charge in [-0.05, 0) is 12.1 Å². The lowest BCUT2D eigenvalue weighted by Crippen LogP contribution is -2.39. The van der Waals surface area contributed by atoms with E-state index in [-0.39, 0.29) is 21.9 Å². The van der Waals surface area contributed by atoms with Crippen LogP contribution in [-0.4, -0.2) is 33.6 Å². The molecule has 110 valence electrons. The number of hydrogen-bond donors (Lipinski definition) is 3. The first-order chi connectivity index (χ1) is 9.83. The molecule has 0 saturated carbocycles. The maximum Gasteiger partial charge on any atom is 0.348 e. The van der Waals surface area contributed by atoms with Crippen molar-refractivity contribution in [3.8, 4) is 0 Å². The van der Waals surface area contributed by atoms with Gasteiger partial charge in [0.1, 0.15) is 0 Å². The van der Waals surface area contributed by atoms with Gasteiger partial charge in [-0.15, -0.1) is 0 Å². The summed E-state index contributed by atoms with van der Waals surface area (Å²) in [5, 5.41) is 19.3. The van der Waals surface area contributed by atoms with E-state index in [4.69, 9.17) is 33.4 Å². The molecule has 0 aromatic heterocycles. The fourth-order valence-corrected chi connectivity index (χ4v) is 1.85. The minimum atomic E-state index is -1.92. The van der Waals surface area contributed by atoms with Crippen molar-refractivity contribution in [1.29, 1.82) is 0 Å². The molecule has 9 heteroatoms. The zero-order valence-electron chi connectivity index (χ0n) is 10.2. The van der Waals surface area contributed by atoms with Crippen LogP contribution in [0.3, 0.4) is 0 Å². The lowest BCUT2D eigenvalue weighted by atomic mass is 10.1. The van der Waals surface area contributed by atoms with Gasteiger partial charge in [-0.25, -0.2) is 9.59 Å². The number of fused-ring (bicyclic) bond motifs is 1. The quantitative estimate of drug-likeness (QED) is 0.288. The number of carbonyl (C=O) groups excluding carboxylic acids is 2. The van der Waals surface area contributed by atoms with Gasteiger partial charge >= 0.3 is 11.9 Å². The van der Waals surface area contributed by atoms with Gasteiger partial charge in [-0.2, -0.15) is 5.10 Å². The maximum atomic E-state index is 11.0. The van der Waals surface area contributed by atoms with E-state index in [0.717, 1.165) is 0 Å². The fourth-order valence-electron chi connectivity index (χ4n) is 1.49. The summed E-state index contributed by atoms with van der Waals surface area (Å²) in [5.74, 6) is -1.66. The first-order valence-electron chi connectivity index (χ1n) is 5.49. The third-order valence-electron chi connectivity index (χ3n) is 2.48. The number of aliphatic hydroxyl groups excluding tert-OH is 1. The Morgan fingerprint density at radius 2 is 2.00 bits per heavy atom. The average molecular weight is 331 g/mol. The molecule has 3 rings (SSSR count). The van der Waals surface area contributed by atoms with Crippen LogP contribution in [-0.2, 0) is 4.74 Å². The molecule has 21 heavy (non-hydrogen) atoms. The molecule has 3 N–H and O–H groups in total. The van der Waals surface area contributed by atoms with E-state index in [1.54, 1.807) is 12.1 Å². The summed E-state index contributed by atoms with van der Waals surface area (Å²) in [6, 6.07) is 4.65. The van der Waals surface area contributed by atoms with Gasteiger partial charge in [-0.3, -0.25) is 5.43 Å². The number of allylic oxidation sites excluding steroid dienone is 1. The Labute approximate surface area is 128 Å². The molecule has 2 aliphatic heterocycles. The largest absolute Gasteiger partial charge is 0.506 e. The van der Waals surface area contributed by atoms with Crippen molar-refractivity contribution in [2.75, 3.05) is 0 Å². The molecule has 0 amide bonds. The Hall–Kier alpha value is -2.09. The number of esters is 2. The molecule has 7 nitrogen and oxygen atoms in total. The highest BCUT2D eigenvalue weighted by molar-refractivity contribution is 6.35. The first kappa shape index (κ1) is 15.3. The Balaban J connectivity index is 0.000000161. The zero-order chi connectivity index (χ0) is 15.6. The number of ether oxygens (including phenoxy) is 1. The van der Waals surface area contributed by atoms with Crippen LogP contribution in [0.5, 0.6) is 0 Å². The minimum Gasteiger partial charge on any atom is -0.506 e. The maximum absolute atomic E-state index is 11.0. The standard InChI is InChI=1S/C8H3ClO3.C4H5ClN2O2/c9-5-3-1-2-4-6(5)8(11)12-7(4)10;5-4(9)3(8)1-2-6-7-4/h1-3H;1-2,7-9H. The second kappa shape index (κ2) is 5.72. The summed E-state index contributed by atoms with van der Waals surface area (Å²) in [5.41, 5.74) is 2.49. The highest BCUT2D eigenvalue weighted by Crippen LogP contribution is 2.26. The van der Waals surface area contributed by atoms with Gasteiger partial charge in [0.05, 0.1) is 22.4 Å². The molecule has 0 fully saturated rings. The number of hydrogen-bond acceptors (Lipinski definition) is 7. The number of cyclic esters (lactones) is 2. The van der Waals surface area contributed by atoms with Gasteiger partial charge in [0, 0.05) is 6.08 Å². The number of nitrogens with zero attached hydrogens (tertiary/aromatic N) is 1. The van der Waals surface area contributed by atoms with E-state index in [0.29, 0.717) is 0 Å². The molecule has 1 unspecified atom stereocenters. The fraction of sp³-hybridized carbons (Fsp3) is 0.0833. The molecule has 0 saturated heterocycles. The summed E-state index contributed by atoms with van der Waals surface area (Å²) < 4.78 is 4.35.